The minimum Gasteiger partial charge on any atom is -0.383 e. The zero-order valence-electron chi connectivity index (χ0n) is 10.9. The van der Waals surface area contributed by atoms with Crippen molar-refractivity contribution in [3.05, 3.63) is 16.0 Å². The molecule has 1 aliphatic rings. The summed E-state index contributed by atoms with van der Waals surface area (Å²) in [7, 11) is 0. The number of rotatable bonds is 3. The summed E-state index contributed by atoms with van der Waals surface area (Å²) in [5, 5.41) is 0. The zero-order valence-corrected chi connectivity index (χ0v) is 12.5. The first-order chi connectivity index (χ1) is 8.58. The molecule has 100 valence electrons. The van der Waals surface area contributed by atoms with Crippen molar-refractivity contribution < 1.29 is 4.74 Å². The van der Waals surface area contributed by atoms with Gasteiger partial charge in [-0.15, -0.1) is 0 Å². The van der Waals surface area contributed by atoms with Gasteiger partial charge >= 0.3 is 0 Å². The van der Waals surface area contributed by atoms with Crippen LogP contribution in [0.1, 0.15) is 44.1 Å². The Balaban J connectivity index is 2.27. The summed E-state index contributed by atoms with van der Waals surface area (Å²) in [5.74, 6) is 2.22. The van der Waals surface area contributed by atoms with E-state index in [1.165, 1.54) is 0 Å². The van der Waals surface area contributed by atoms with Gasteiger partial charge in [-0.2, -0.15) is 0 Å². The fourth-order valence-corrected chi connectivity index (χ4v) is 2.52. The number of nitrogens with zero attached hydrogens (tertiary/aromatic N) is 2. The van der Waals surface area contributed by atoms with E-state index in [2.05, 4.69) is 39.7 Å². The molecule has 0 aromatic carbocycles. The molecule has 1 saturated heterocycles. The van der Waals surface area contributed by atoms with Gasteiger partial charge in [0.2, 0.25) is 0 Å². The van der Waals surface area contributed by atoms with E-state index in [9.17, 15) is 0 Å². The van der Waals surface area contributed by atoms with Gasteiger partial charge in [-0.05, 0) is 41.1 Å². The highest BCUT2D eigenvalue weighted by molar-refractivity contribution is 9.10. The standard InChI is InChI=1S/C13H20BrN3O/c1-8(2)6-10-11(14)12(15)17-13(16-10)9-4-3-5-18-7-9/h8-9H,3-7H2,1-2H3,(H2,15,16,17). The van der Waals surface area contributed by atoms with Crippen molar-refractivity contribution in [1.29, 1.82) is 0 Å². The Labute approximate surface area is 116 Å². The Bertz CT molecular complexity index is 417. The summed E-state index contributed by atoms with van der Waals surface area (Å²) in [6.07, 6.45) is 3.07. The number of nitrogens with two attached hydrogens (primary N) is 1. The van der Waals surface area contributed by atoms with Crippen molar-refractivity contribution >= 4 is 21.7 Å². The molecule has 0 saturated carbocycles. The van der Waals surface area contributed by atoms with Crippen LogP contribution in [0.5, 0.6) is 0 Å². The molecule has 18 heavy (non-hydrogen) atoms. The molecule has 2 heterocycles. The van der Waals surface area contributed by atoms with Gasteiger partial charge in [-0.3, -0.25) is 0 Å². The third kappa shape index (κ3) is 3.20. The van der Waals surface area contributed by atoms with Crippen LogP contribution < -0.4 is 5.73 Å². The van der Waals surface area contributed by atoms with Crippen LogP contribution in [0, 0.1) is 5.92 Å². The fraction of sp³-hybridized carbons (Fsp3) is 0.692. The number of anilines is 1. The Hall–Kier alpha value is -0.680. The fourth-order valence-electron chi connectivity index (χ4n) is 2.18. The summed E-state index contributed by atoms with van der Waals surface area (Å²) < 4.78 is 6.34. The lowest BCUT2D eigenvalue weighted by molar-refractivity contribution is 0.0780. The lowest BCUT2D eigenvalue weighted by Crippen LogP contribution is -2.19. The number of hydrogen-bond donors (Lipinski definition) is 1. The monoisotopic (exact) mass is 313 g/mol. The van der Waals surface area contributed by atoms with Gasteiger partial charge in [0.15, 0.2) is 0 Å². The van der Waals surface area contributed by atoms with Gasteiger partial charge < -0.3 is 10.5 Å². The molecule has 4 nitrogen and oxygen atoms in total. The van der Waals surface area contributed by atoms with Crippen molar-refractivity contribution in [2.75, 3.05) is 18.9 Å². The minimum absolute atomic E-state index is 0.292. The maximum absolute atomic E-state index is 5.97. The molecule has 1 unspecified atom stereocenters. The summed E-state index contributed by atoms with van der Waals surface area (Å²) in [6, 6.07) is 0. The van der Waals surface area contributed by atoms with Crippen molar-refractivity contribution in [3.8, 4) is 0 Å². The highest BCUT2D eigenvalue weighted by atomic mass is 79.9. The van der Waals surface area contributed by atoms with E-state index in [0.29, 0.717) is 24.3 Å². The first-order valence-corrected chi connectivity index (χ1v) is 7.26. The minimum atomic E-state index is 0.292. The first-order valence-electron chi connectivity index (χ1n) is 6.47. The molecule has 1 atom stereocenters. The normalized spacial score (nSPS) is 20.3. The average molecular weight is 314 g/mol. The summed E-state index contributed by atoms with van der Waals surface area (Å²) in [6.45, 7) is 5.91. The zero-order chi connectivity index (χ0) is 13.1. The second kappa shape index (κ2) is 5.97. The van der Waals surface area contributed by atoms with Crippen molar-refractivity contribution in [3.63, 3.8) is 0 Å². The molecule has 0 radical (unpaired) electrons. The van der Waals surface area contributed by atoms with E-state index in [-0.39, 0.29) is 0 Å². The van der Waals surface area contributed by atoms with Crippen LogP contribution in [-0.2, 0) is 11.2 Å². The van der Waals surface area contributed by atoms with E-state index in [1.54, 1.807) is 0 Å². The number of aromatic nitrogens is 2. The molecule has 1 aromatic heterocycles. The van der Waals surface area contributed by atoms with Crippen LogP contribution >= 0.6 is 15.9 Å². The molecule has 2 rings (SSSR count). The van der Waals surface area contributed by atoms with Crippen molar-refractivity contribution in [1.82, 2.24) is 9.97 Å². The van der Waals surface area contributed by atoms with E-state index < -0.39 is 0 Å². The van der Waals surface area contributed by atoms with Gasteiger partial charge in [-0.1, -0.05) is 13.8 Å². The Morgan fingerprint density at radius 1 is 1.44 bits per heavy atom. The summed E-state index contributed by atoms with van der Waals surface area (Å²) >= 11 is 3.49. The van der Waals surface area contributed by atoms with E-state index >= 15 is 0 Å². The van der Waals surface area contributed by atoms with Crippen LogP contribution in [0.4, 0.5) is 5.82 Å². The Morgan fingerprint density at radius 2 is 2.22 bits per heavy atom. The van der Waals surface area contributed by atoms with Gasteiger partial charge in [-0.25, -0.2) is 9.97 Å². The molecule has 1 aliphatic heterocycles. The van der Waals surface area contributed by atoms with E-state index in [4.69, 9.17) is 10.5 Å². The maximum atomic E-state index is 5.97. The predicted molar refractivity (Wildman–Crippen MR) is 75.5 cm³/mol. The molecule has 0 aliphatic carbocycles. The highest BCUT2D eigenvalue weighted by Crippen LogP contribution is 2.28. The van der Waals surface area contributed by atoms with Crippen LogP contribution in [-0.4, -0.2) is 23.2 Å². The molecule has 1 aromatic rings. The SMILES string of the molecule is CC(C)Cc1nc(C2CCCOC2)nc(N)c1Br. The second-order valence-corrected chi connectivity index (χ2v) is 6.03. The van der Waals surface area contributed by atoms with E-state index in [1.807, 2.05) is 0 Å². The number of ether oxygens (including phenoxy) is 1. The quantitative estimate of drug-likeness (QED) is 0.932. The topological polar surface area (TPSA) is 61.0 Å². The molecule has 0 amide bonds. The third-order valence-electron chi connectivity index (χ3n) is 3.09. The van der Waals surface area contributed by atoms with Gasteiger partial charge in [0.05, 0.1) is 16.8 Å². The van der Waals surface area contributed by atoms with Crippen LogP contribution in [0.2, 0.25) is 0 Å². The maximum Gasteiger partial charge on any atom is 0.141 e. The predicted octanol–water partition coefficient (Wildman–Crippen LogP) is 2.91. The largest absolute Gasteiger partial charge is 0.383 e. The smallest absolute Gasteiger partial charge is 0.141 e. The van der Waals surface area contributed by atoms with Gasteiger partial charge in [0.1, 0.15) is 11.6 Å². The van der Waals surface area contributed by atoms with Crippen LogP contribution in [0.3, 0.4) is 0 Å². The number of nitrogen functional groups attached to an aromatic ring is 1. The van der Waals surface area contributed by atoms with Crippen LogP contribution in [0.25, 0.3) is 0 Å². The molecule has 2 N–H and O–H groups in total. The molecule has 1 fully saturated rings. The van der Waals surface area contributed by atoms with Gasteiger partial charge in [0.25, 0.3) is 0 Å². The first kappa shape index (κ1) is 13.7. The van der Waals surface area contributed by atoms with E-state index in [0.717, 1.165) is 41.9 Å². The molecule has 0 bridgehead atoms. The van der Waals surface area contributed by atoms with Crippen molar-refractivity contribution in [2.45, 2.75) is 39.0 Å². The second-order valence-electron chi connectivity index (χ2n) is 5.24. The lowest BCUT2D eigenvalue weighted by Gasteiger charge is -2.22. The molecule has 5 heteroatoms. The Kier molecular flexibility index (Phi) is 4.56. The lowest BCUT2D eigenvalue weighted by atomic mass is 10.0. The van der Waals surface area contributed by atoms with Gasteiger partial charge in [0, 0.05) is 12.5 Å². The third-order valence-corrected chi connectivity index (χ3v) is 3.95. The highest BCUT2D eigenvalue weighted by Gasteiger charge is 2.21. The van der Waals surface area contributed by atoms with Crippen molar-refractivity contribution in [2.24, 2.45) is 5.92 Å². The number of hydrogen-bond acceptors (Lipinski definition) is 4. The summed E-state index contributed by atoms with van der Waals surface area (Å²) in [5.41, 5.74) is 6.98. The molecular weight excluding hydrogens is 294 g/mol. The van der Waals surface area contributed by atoms with Crippen LogP contribution in [0.15, 0.2) is 4.47 Å². The average Bonchev–Trinajstić information content (AvgIpc) is 2.35. The summed E-state index contributed by atoms with van der Waals surface area (Å²) in [4.78, 5) is 9.08. The Morgan fingerprint density at radius 3 is 2.83 bits per heavy atom. The number of halogens is 1. The molecule has 0 spiro atoms. The molecular formula is C13H20BrN3O.